The lowest BCUT2D eigenvalue weighted by molar-refractivity contribution is 0.0962. The first-order valence-corrected chi connectivity index (χ1v) is 7.13. The summed E-state index contributed by atoms with van der Waals surface area (Å²) in [4.78, 5) is 14.0. The molecule has 0 heterocycles. The summed E-state index contributed by atoms with van der Waals surface area (Å²) in [6.07, 6.45) is 3.25. The van der Waals surface area contributed by atoms with E-state index in [1.54, 1.807) is 7.05 Å². The third-order valence-electron chi connectivity index (χ3n) is 3.72. The summed E-state index contributed by atoms with van der Waals surface area (Å²) in [5, 5.41) is 4.67. The molecule has 3 nitrogen and oxygen atoms in total. The number of nitrogens with zero attached hydrogens (tertiary/aromatic N) is 1. The molecular weight excluding hydrogens is 248 g/mol. The second kappa shape index (κ2) is 7.13. The highest BCUT2D eigenvalue weighted by molar-refractivity contribution is 5.95. The molecule has 110 valence electrons. The normalized spacial score (nSPS) is 13.2. The molecule has 1 rings (SSSR count). The van der Waals surface area contributed by atoms with Crippen LogP contribution in [0.2, 0.25) is 0 Å². The average molecular weight is 274 g/mol. The van der Waals surface area contributed by atoms with Crippen molar-refractivity contribution in [3.8, 4) is 0 Å². The van der Waals surface area contributed by atoms with Gasteiger partial charge in [0, 0.05) is 37.6 Å². The SMILES string of the molecule is C=c1ccc(C(=O)NC)c(C)/c1=C/N(C)CC(C)CC. The summed E-state index contributed by atoms with van der Waals surface area (Å²) in [6, 6.07) is 3.74. The van der Waals surface area contributed by atoms with Crippen LogP contribution >= 0.6 is 0 Å². The number of benzene rings is 1. The van der Waals surface area contributed by atoms with Crippen LogP contribution in [-0.4, -0.2) is 31.4 Å². The predicted molar refractivity (Wildman–Crippen MR) is 85.9 cm³/mol. The van der Waals surface area contributed by atoms with Gasteiger partial charge in [0.25, 0.3) is 5.91 Å². The highest BCUT2D eigenvalue weighted by Gasteiger charge is 2.08. The van der Waals surface area contributed by atoms with Crippen molar-refractivity contribution in [2.75, 3.05) is 20.6 Å². The minimum atomic E-state index is -0.0540. The highest BCUT2D eigenvalue weighted by atomic mass is 16.1. The Balaban J connectivity index is 3.23. The minimum absolute atomic E-state index is 0.0540. The summed E-state index contributed by atoms with van der Waals surface area (Å²) in [6.45, 7) is 11.5. The molecular formula is C17H26N2O. The van der Waals surface area contributed by atoms with Crippen molar-refractivity contribution in [3.05, 3.63) is 33.7 Å². The quantitative estimate of drug-likeness (QED) is 0.882. The van der Waals surface area contributed by atoms with Crippen molar-refractivity contribution in [1.29, 1.82) is 0 Å². The monoisotopic (exact) mass is 274 g/mol. The lowest BCUT2D eigenvalue weighted by atomic mass is 10.0. The van der Waals surface area contributed by atoms with Crippen molar-refractivity contribution in [2.24, 2.45) is 5.92 Å². The Bertz CT molecular complexity index is 577. The Morgan fingerprint density at radius 1 is 1.50 bits per heavy atom. The third-order valence-corrected chi connectivity index (χ3v) is 3.72. The number of nitrogens with one attached hydrogen (secondary N) is 1. The molecule has 1 aromatic rings. The fourth-order valence-corrected chi connectivity index (χ4v) is 2.24. The lowest BCUT2D eigenvalue weighted by Gasteiger charge is -2.19. The Hall–Kier alpha value is -1.77. The summed E-state index contributed by atoms with van der Waals surface area (Å²) in [7, 11) is 3.72. The number of carbonyl (C=O) groups excluding carboxylic acids is 1. The van der Waals surface area contributed by atoms with Gasteiger partial charge in [-0.2, -0.15) is 0 Å². The molecule has 1 atom stereocenters. The topological polar surface area (TPSA) is 32.3 Å². The van der Waals surface area contributed by atoms with Crippen LogP contribution in [0.5, 0.6) is 0 Å². The van der Waals surface area contributed by atoms with E-state index >= 15 is 0 Å². The maximum absolute atomic E-state index is 11.8. The molecule has 1 N–H and O–H groups in total. The van der Waals surface area contributed by atoms with Crippen LogP contribution in [0.15, 0.2) is 12.1 Å². The minimum Gasteiger partial charge on any atom is -0.380 e. The van der Waals surface area contributed by atoms with Crippen molar-refractivity contribution in [3.63, 3.8) is 0 Å². The Kier molecular flexibility index (Phi) is 5.81. The van der Waals surface area contributed by atoms with Crippen LogP contribution < -0.4 is 15.8 Å². The molecule has 0 spiro atoms. The predicted octanol–water partition coefficient (Wildman–Crippen LogP) is 1.48. The van der Waals surface area contributed by atoms with Crippen LogP contribution in [0, 0.1) is 12.8 Å². The van der Waals surface area contributed by atoms with E-state index in [2.05, 4.69) is 43.9 Å². The van der Waals surface area contributed by atoms with Gasteiger partial charge in [-0.25, -0.2) is 0 Å². The van der Waals surface area contributed by atoms with Crippen molar-refractivity contribution >= 4 is 18.7 Å². The molecule has 1 amide bonds. The summed E-state index contributed by atoms with van der Waals surface area (Å²) in [5.41, 5.74) is 1.69. The molecule has 3 heteroatoms. The molecule has 0 saturated carbocycles. The van der Waals surface area contributed by atoms with Crippen LogP contribution in [0.3, 0.4) is 0 Å². The maximum Gasteiger partial charge on any atom is 0.251 e. The van der Waals surface area contributed by atoms with Gasteiger partial charge in [0.1, 0.15) is 0 Å². The van der Waals surface area contributed by atoms with Crippen LogP contribution in [0.4, 0.5) is 0 Å². The molecule has 0 aliphatic rings. The molecule has 0 fully saturated rings. The molecule has 1 unspecified atom stereocenters. The van der Waals surface area contributed by atoms with Gasteiger partial charge < -0.3 is 10.2 Å². The maximum atomic E-state index is 11.8. The van der Waals surface area contributed by atoms with Gasteiger partial charge in [-0.05, 0) is 29.7 Å². The summed E-state index contributed by atoms with van der Waals surface area (Å²) in [5.74, 6) is 0.591. The van der Waals surface area contributed by atoms with Crippen LogP contribution in [-0.2, 0) is 0 Å². The molecule has 0 aliphatic carbocycles. The fraction of sp³-hybridized carbons (Fsp3) is 0.471. The van der Waals surface area contributed by atoms with Crippen molar-refractivity contribution in [1.82, 2.24) is 10.2 Å². The smallest absolute Gasteiger partial charge is 0.251 e. The van der Waals surface area contributed by atoms with E-state index in [9.17, 15) is 4.79 Å². The lowest BCUT2D eigenvalue weighted by Crippen LogP contribution is -2.33. The van der Waals surface area contributed by atoms with Gasteiger partial charge in [0.05, 0.1) is 0 Å². The number of hydrogen-bond acceptors (Lipinski definition) is 2. The Morgan fingerprint density at radius 3 is 2.70 bits per heavy atom. The van der Waals surface area contributed by atoms with Gasteiger partial charge in [0.15, 0.2) is 0 Å². The van der Waals surface area contributed by atoms with Crippen molar-refractivity contribution < 1.29 is 4.79 Å². The molecule has 1 aromatic carbocycles. The van der Waals surface area contributed by atoms with Crippen LogP contribution in [0.1, 0.15) is 36.2 Å². The van der Waals surface area contributed by atoms with E-state index in [4.69, 9.17) is 0 Å². The number of hydrogen-bond donors (Lipinski definition) is 1. The zero-order valence-corrected chi connectivity index (χ0v) is 13.3. The summed E-state index contributed by atoms with van der Waals surface area (Å²) < 4.78 is 0. The Labute approximate surface area is 122 Å². The zero-order chi connectivity index (χ0) is 15.3. The first kappa shape index (κ1) is 16.3. The molecule has 0 aromatic heterocycles. The number of rotatable bonds is 5. The fourth-order valence-electron chi connectivity index (χ4n) is 2.24. The molecule has 0 aliphatic heterocycles. The van der Waals surface area contributed by atoms with E-state index in [1.165, 1.54) is 0 Å². The van der Waals surface area contributed by atoms with E-state index in [0.717, 1.165) is 29.0 Å². The largest absolute Gasteiger partial charge is 0.380 e. The molecule has 20 heavy (non-hydrogen) atoms. The second-order valence-electron chi connectivity index (χ2n) is 5.47. The van der Waals surface area contributed by atoms with Gasteiger partial charge in [-0.15, -0.1) is 0 Å². The first-order valence-electron chi connectivity index (χ1n) is 7.13. The number of carbonyl (C=O) groups is 1. The highest BCUT2D eigenvalue weighted by Crippen LogP contribution is 2.04. The molecule has 0 bridgehead atoms. The molecule has 0 radical (unpaired) electrons. The second-order valence-corrected chi connectivity index (χ2v) is 5.47. The first-order chi connectivity index (χ1) is 9.40. The Morgan fingerprint density at radius 2 is 2.15 bits per heavy atom. The van der Waals surface area contributed by atoms with Gasteiger partial charge in [-0.1, -0.05) is 32.9 Å². The van der Waals surface area contributed by atoms with E-state index in [-0.39, 0.29) is 5.91 Å². The molecule has 0 saturated heterocycles. The van der Waals surface area contributed by atoms with Crippen LogP contribution in [0.25, 0.3) is 12.8 Å². The van der Waals surface area contributed by atoms with E-state index in [1.807, 2.05) is 19.1 Å². The standard InChI is InChI=1S/C17H26N2O/c1-7-12(2)10-19(6)11-16-13(3)8-9-15(14(16)4)17(20)18-5/h8-9,11-12H,3,7,10H2,1-2,4-6H3,(H,18,20)/b16-11+. The summed E-state index contributed by atoms with van der Waals surface area (Å²) >= 11 is 0. The van der Waals surface area contributed by atoms with Crippen molar-refractivity contribution in [2.45, 2.75) is 27.2 Å². The van der Waals surface area contributed by atoms with Gasteiger partial charge >= 0.3 is 0 Å². The van der Waals surface area contributed by atoms with Gasteiger partial charge in [0.2, 0.25) is 0 Å². The third kappa shape index (κ3) is 3.86. The number of amides is 1. The zero-order valence-electron chi connectivity index (χ0n) is 13.3. The van der Waals surface area contributed by atoms with E-state index in [0.29, 0.717) is 11.5 Å². The van der Waals surface area contributed by atoms with E-state index < -0.39 is 0 Å². The van der Waals surface area contributed by atoms with Gasteiger partial charge in [-0.3, -0.25) is 4.79 Å². The average Bonchev–Trinajstić information content (AvgIpc) is 2.42.